The minimum absolute atomic E-state index is 0.620. The van der Waals surface area contributed by atoms with Crippen LogP contribution in [0.5, 0.6) is 5.75 Å². The smallest absolute Gasteiger partial charge is 0.120 e. The number of benzene rings is 2. The van der Waals surface area contributed by atoms with E-state index in [0.29, 0.717) is 6.61 Å². The first-order valence-electron chi connectivity index (χ1n) is 9.26. The minimum Gasteiger partial charge on any atom is -0.489 e. The SMILES string of the molecule is CCCCCCCNCc1cccc(OCc2ccc(C)cc2)c1. The average Bonchev–Trinajstić information content (AvgIpc) is 2.61. The van der Waals surface area contributed by atoms with Gasteiger partial charge in [-0.3, -0.25) is 0 Å². The largest absolute Gasteiger partial charge is 0.489 e. The van der Waals surface area contributed by atoms with E-state index in [1.807, 2.05) is 6.07 Å². The predicted octanol–water partition coefficient (Wildman–Crippen LogP) is 5.63. The molecule has 2 aromatic carbocycles. The molecule has 0 heterocycles. The fourth-order valence-electron chi connectivity index (χ4n) is 2.68. The molecular weight excluding hydrogens is 294 g/mol. The lowest BCUT2D eigenvalue weighted by Gasteiger charge is -2.09. The Morgan fingerprint density at radius 1 is 0.875 bits per heavy atom. The first-order chi connectivity index (χ1) is 11.8. The normalized spacial score (nSPS) is 10.8. The molecule has 0 spiro atoms. The number of hydrogen-bond acceptors (Lipinski definition) is 2. The number of unbranched alkanes of at least 4 members (excludes halogenated alkanes) is 4. The van der Waals surface area contributed by atoms with Crippen LogP contribution in [0.15, 0.2) is 48.5 Å². The van der Waals surface area contributed by atoms with Crippen molar-refractivity contribution in [3.63, 3.8) is 0 Å². The van der Waals surface area contributed by atoms with Crippen molar-refractivity contribution in [3.8, 4) is 5.75 Å². The summed E-state index contributed by atoms with van der Waals surface area (Å²) in [6.07, 6.45) is 6.63. The second-order valence-corrected chi connectivity index (χ2v) is 6.51. The summed E-state index contributed by atoms with van der Waals surface area (Å²) in [7, 11) is 0. The zero-order valence-corrected chi connectivity index (χ0v) is 15.2. The molecule has 0 aromatic heterocycles. The lowest BCUT2D eigenvalue weighted by Crippen LogP contribution is -2.14. The first kappa shape index (κ1) is 18.5. The summed E-state index contributed by atoms with van der Waals surface area (Å²) in [6, 6.07) is 16.9. The van der Waals surface area contributed by atoms with Crippen LogP contribution in [0.3, 0.4) is 0 Å². The Bertz CT molecular complexity index is 577. The van der Waals surface area contributed by atoms with Crippen LogP contribution < -0.4 is 10.1 Å². The fraction of sp³-hybridized carbons (Fsp3) is 0.455. The van der Waals surface area contributed by atoms with E-state index in [1.165, 1.54) is 48.8 Å². The quantitative estimate of drug-likeness (QED) is 0.540. The Morgan fingerprint density at radius 2 is 1.67 bits per heavy atom. The monoisotopic (exact) mass is 325 g/mol. The third-order valence-electron chi connectivity index (χ3n) is 4.21. The van der Waals surface area contributed by atoms with Crippen LogP contribution in [0.25, 0.3) is 0 Å². The van der Waals surface area contributed by atoms with Crippen LogP contribution in [0, 0.1) is 6.92 Å². The number of aryl methyl sites for hydroxylation is 1. The molecule has 0 aliphatic heterocycles. The summed E-state index contributed by atoms with van der Waals surface area (Å²) in [5, 5.41) is 3.53. The van der Waals surface area contributed by atoms with E-state index < -0.39 is 0 Å². The highest BCUT2D eigenvalue weighted by Crippen LogP contribution is 2.15. The van der Waals surface area contributed by atoms with Crippen LogP contribution >= 0.6 is 0 Å². The third-order valence-corrected chi connectivity index (χ3v) is 4.21. The fourth-order valence-corrected chi connectivity index (χ4v) is 2.68. The maximum atomic E-state index is 5.92. The highest BCUT2D eigenvalue weighted by molar-refractivity contribution is 5.29. The molecule has 0 saturated carbocycles. The number of ether oxygens (including phenoxy) is 1. The van der Waals surface area contributed by atoms with Gasteiger partial charge in [0.1, 0.15) is 12.4 Å². The average molecular weight is 325 g/mol. The Balaban J connectivity index is 1.70. The standard InChI is InChI=1S/C22H31NO/c1-3-4-5-6-7-15-23-17-21-9-8-10-22(16-21)24-18-20-13-11-19(2)12-14-20/h8-14,16,23H,3-7,15,17-18H2,1-2H3. The van der Waals surface area contributed by atoms with Crippen molar-refractivity contribution in [2.24, 2.45) is 0 Å². The van der Waals surface area contributed by atoms with Gasteiger partial charge in [0.25, 0.3) is 0 Å². The molecule has 0 aliphatic carbocycles. The van der Waals surface area contributed by atoms with Crippen molar-refractivity contribution in [2.75, 3.05) is 6.54 Å². The maximum Gasteiger partial charge on any atom is 0.120 e. The van der Waals surface area contributed by atoms with Crippen LogP contribution in [-0.4, -0.2) is 6.54 Å². The molecule has 0 atom stereocenters. The Morgan fingerprint density at radius 3 is 2.46 bits per heavy atom. The molecule has 0 saturated heterocycles. The molecule has 2 rings (SSSR count). The van der Waals surface area contributed by atoms with E-state index in [9.17, 15) is 0 Å². The Labute approximate surface area is 147 Å². The van der Waals surface area contributed by atoms with Crippen molar-refractivity contribution in [2.45, 2.75) is 59.1 Å². The molecular formula is C22H31NO. The van der Waals surface area contributed by atoms with Crippen LogP contribution in [0.1, 0.15) is 55.7 Å². The molecule has 0 aliphatic rings. The second kappa shape index (κ2) is 10.9. The minimum atomic E-state index is 0.620. The third kappa shape index (κ3) is 7.18. The van der Waals surface area contributed by atoms with Gasteiger partial charge in [-0.05, 0) is 43.1 Å². The molecule has 1 N–H and O–H groups in total. The van der Waals surface area contributed by atoms with Crippen molar-refractivity contribution in [3.05, 3.63) is 65.2 Å². The number of hydrogen-bond donors (Lipinski definition) is 1. The predicted molar refractivity (Wildman–Crippen MR) is 102 cm³/mol. The Hall–Kier alpha value is -1.80. The molecule has 0 unspecified atom stereocenters. The zero-order valence-electron chi connectivity index (χ0n) is 15.2. The highest BCUT2D eigenvalue weighted by atomic mass is 16.5. The van der Waals surface area contributed by atoms with Gasteiger partial charge < -0.3 is 10.1 Å². The summed E-state index contributed by atoms with van der Waals surface area (Å²) < 4.78 is 5.92. The summed E-state index contributed by atoms with van der Waals surface area (Å²) in [6.45, 7) is 6.99. The molecule has 2 nitrogen and oxygen atoms in total. The van der Waals surface area contributed by atoms with Crippen molar-refractivity contribution < 1.29 is 4.74 Å². The molecule has 2 heteroatoms. The maximum absolute atomic E-state index is 5.92. The van der Waals surface area contributed by atoms with E-state index in [1.54, 1.807) is 0 Å². The van der Waals surface area contributed by atoms with Gasteiger partial charge in [0.2, 0.25) is 0 Å². The highest BCUT2D eigenvalue weighted by Gasteiger charge is 1.99. The second-order valence-electron chi connectivity index (χ2n) is 6.51. The summed E-state index contributed by atoms with van der Waals surface area (Å²) >= 11 is 0. The molecule has 2 aromatic rings. The van der Waals surface area contributed by atoms with E-state index in [-0.39, 0.29) is 0 Å². The molecule has 0 bridgehead atoms. The van der Waals surface area contributed by atoms with Crippen molar-refractivity contribution in [1.82, 2.24) is 5.32 Å². The summed E-state index contributed by atoms with van der Waals surface area (Å²) in [4.78, 5) is 0. The number of nitrogens with one attached hydrogen (secondary N) is 1. The summed E-state index contributed by atoms with van der Waals surface area (Å²) in [5.41, 5.74) is 3.77. The van der Waals surface area contributed by atoms with Gasteiger partial charge in [-0.1, -0.05) is 74.6 Å². The molecule has 24 heavy (non-hydrogen) atoms. The van der Waals surface area contributed by atoms with E-state index in [2.05, 4.69) is 61.6 Å². The van der Waals surface area contributed by atoms with Crippen molar-refractivity contribution in [1.29, 1.82) is 0 Å². The van der Waals surface area contributed by atoms with Gasteiger partial charge in [-0.15, -0.1) is 0 Å². The van der Waals surface area contributed by atoms with E-state index in [0.717, 1.165) is 18.8 Å². The Kier molecular flexibility index (Phi) is 8.40. The van der Waals surface area contributed by atoms with Crippen LogP contribution in [0.2, 0.25) is 0 Å². The summed E-state index contributed by atoms with van der Waals surface area (Å²) in [5.74, 6) is 0.942. The molecule has 0 amide bonds. The lowest BCUT2D eigenvalue weighted by atomic mass is 10.1. The number of rotatable bonds is 11. The van der Waals surface area contributed by atoms with Gasteiger partial charge in [0.15, 0.2) is 0 Å². The van der Waals surface area contributed by atoms with Gasteiger partial charge in [0, 0.05) is 6.54 Å². The molecule has 0 radical (unpaired) electrons. The van der Waals surface area contributed by atoms with Gasteiger partial charge in [-0.2, -0.15) is 0 Å². The van der Waals surface area contributed by atoms with E-state index >= 15 is 0 Å². The lowest BCUT2D eigenvalue weighted by molar-refractivity contribution is 0.306. The first-order valence-corrected chi connectivity index (χ1v) is 9.26. The van der Waals surface area contributed by atoms with Crippen LogP contribution in [-0.2, 0) is 13.2 Å². The topological polar surface area (TPSA) is 21.3 Å². The molecule has 130 valence electrons. The van der Waals surface area contributed by atoms with Gasteiger partial charge >= 0.3 is 0 Å². The van der Waals surface area contributed by atoms with Gasteiger partial charge in [-0.25, -0.2) is 0 Å². The van der Waals surface area contributed by atoms with Crippen LogP contribution in [0.4, 0.5) is 0 Å². The van der Waals surface area contributed by atoms with Crippen molar-refractivity contribution >= 4 is 0 Å². The van der Waals surface area contributed by atoms with Gasteiger partial charge in [0.05, 0.1) is 0 Å². The van der Waals surface area contributed by atoms with E-state index in [4.69, 9.17) is 4.74 Å². The zero-order chi connectivity index (χ0) is 17.0. The molecule has 0 fully saturated rings.